The first-order valence-corrected chi connectivity index (χ1v) is 4.06. The molecule has 0 spiro atoms. The SMILES string of the molecule is CCN(CC(=O)O)C(=O)C(C)OC. The summed E-state index contributed by atoms with van der Waals surface area (Å²) in [5, 5.41) is 8.48. The van der Waals surface area contributed by atoms with Crippen molar-refractivity contribution in [3.8, 4) is 0 Å². The van der Waals surface area contributed by atoms with Gasteiger partial charge in [-0.3, -0.25) is 9.59 Å². The number of carboxylic acids is 1. The van der Waals surface area contributed by atoms with Crippen LogP contribution in [0.5, 0.6) is 0 Å². The lowest BCUT2D eigenvalue weighted by molar-refractivity contribution is -0.148. The summed E-state index contributed by atoms with van der Waals surface area (Å²) in [4.78, 5) is 23.0. The van der Waals surface area contributed by atoms with Crippen LogP contribution in [0.4, 0.5) is 0 Å². The van der Waals surface area contributed by atoms with E-state index in [1.54, 1.807) is 13.8 Å². The number of hydrogen-bond donors (Lipinski definition) is 1. The molecular weight excluding hydrogens is 174 g/mol. The molecule has 0 aliphatic carbocycles. The first kappa shape index (κ1) is 11.9. The predicted molar refractivity (Wildman–Crippen MR) is 46.4 cm³/mol. The molecule has 0 aliphatic rings. The molecule has 0 radical (unpaired) electrons. The van der Waals surface area contributed by atoms with E-state index in [1.807, 2.05) is 0 Å². The highest BCUT2D eigenvalue weighted by atomic mass is 16.5. The lowest BCUT2D eigenvalue weighted by Gasteiger charge is -2.21. The van der Waals surface area contributed by atoms with Crippen molar-refractivity contribution in [1.29, 1.82) is 0 Å². The molecule has 1 unspecified atom stereocenters. The lowest BCUT2D eigenvalue weighted by atomic mass is 10.3. The van der Waals surface area contributed by atoms with Crippen molar-refractivity contribution >= 4 is 11.9 Å². The van der Waals surface area contributed by atoms with Gasteiger partial charge in [-0.2, -0.15) is 0 Å². The van der Waals surface area contributed by atoms with E-state index in [0.29, 0.717) is 6.54 Å². The maximum Gasteiger partial charge on any atom is 0.323 e. The first-order valence-electron chi connectivity index (χ1n) is 4.06. The highest BCUT2D eigenvalue weighted by molar-refractivity contribution is 5.84. The number of ether oxygens (including phenoxy) is 1. The van der Waals surface area contributed by atoms with E-state index in [2.05, 4.69) is 0 Å². The summed E-state index contributed by atoms with van der Waals surface area (Å²) >= 11 is 0. The van der Waals surface area contributed by atoms with Crippen LogP contribution < -0.4 is 0 Å². The average Bonchev–Trinajstić information content (AvgIpc) is 2.11. The molecule has 0 saturated carbocycles. The molecule has 5 nitrogen and oxygen atoms in total. The fourth-order valence-electron chi connectivity index (χ4n) is 0.867. The van der Waals surface area contributed by atoms with Crippen LogP contribution in [0.3, 0.4) is 0 Å². The minimum Gasteiger partial charge on any atom is -0.480 e. The van der Waals surface area contributed by atoms with Crippen molar-refractivity contribution in [2.45, 2.75) is 20.0 Å². The molecule has 5 heteroatoms. The Hall–Kier alpha value is -1.10. The predicted octanol–water partition coefficient (Wildman–Crippen LogP) is -0.0456. The Kier molecular flexibility index (Phi) is 5.06. The van der Waals surface area contributed by atoms with Gasteiger partial charge in [0.2, 0.25) is 0 Å². The maximum atomic E-state index is 11.4. The number of nitrogens with zero attached hydrogens (tertiary/aromatic N) is 1. The summed E-state index contributed by atoms with van der Waals surface area (Å²) in [5.74, 6) is -1.31. The van der Waals surface area contributed by atoms with E-state index in [1.165, 1.54) is 12.0 Å². The highest BCUT2D eigenvalue weighted by Gasteiger charge is 2.20. The van der Waals surface area contributed by atoms with Gasteiger partial charge in [-0.15, -0.1) is 0 Å². The number of carboxylic acid groups (broad SMARTS) is 1. The smallest absolute Gasteiger partial charge is 0.323 e. The van der Waals surface area contributed by atoms with E-state index >= 15 is 0 Å². The summed E-state index contributed by atoms with van der Waals surface area (Å²) in [6, 6.07) is 0. The highest BCUT2D eigenvalue weighted by Crippen LogP contribution is 1.97. The number of methoxy groups -OCH3 is 1. The van der Waals surface area contributed by atoms with Gasteiger partial charge in [0.1, 0.15) is 12.6 Å². The van der Waals surface area contributed by atoms with Gasteiger partial charge in [0.05, 0.1) is 0 Å². The molecule has 0 bridgehead atoms. The minimum atomic E-state index is -1.02. The molecule has 0 aromatic heterocycles. The second-order valence-electron chi connectivity index (χ2n) is 2.62. The van der Waals surface area contributed by atoms with Crippen molar-refractivity contribution in [3.63, 3.8) is 0 Å². The average molecular weight is 189 g/mol. The molecule has 0 fully saturated rings. The molecule has 0 aromatic carbocycles. The van der Waals surface area contributed by atoms with E-state index in [4.69, 9.17) is 9.84 Å². The molecular formula is C8H15NO4. The number of carbonyl (C=O) groups excluding carboxylic acids is 1. The summed E-state index contributed by atoms with van der Waals surface area (Å²) in [7, 11) is 1.41. The number of aliphatic carboxylic acids is 1. The van der Waals surface area contributed by atoms with Crippen molar-refractivity contribution in [2.24, 2.45) is 0 Å². The van der Waals surface area contributed by atoms with Crippen molar-refractivity contribution in [3.05, 3.63) is 0 Å². The molecule has 0 aliphatic heterocycles. The third kappa shape index (κ3) is 3.89. The fraction of sp³-hybridized carbons (Fsp3) is 0.750. The van der Waals surface area contributed by atoms with E-state index in [9.17, 15) is 9.59 Å². The summed E-state index contributed by atoms with van der Waals surface area (Å²) < 4.78 is 4.79. The quantitative estimate of drug-likeness (QED) is 0.658. The van der Waals surface area contributed by atoms with Crippen LogP contribution in [0.25, 0.3) is 0 Å². The Balaban J connectivity index is 4.22. The van der Waals surface area contributed by atoms with Gasteiger partial charge in [-0.1, -0.05) is 0 Å². The van der Waals surface area contributed by atoms with Crippen molar-refractivity contribution < 1.29 is 19.4 Å². The molecule has 1 amide bonds. The Morgan fingerprint density at radius 2 is 2.08 bits per heavy atom. The topological polar surface area (TPSA) is 66.8 Å². The van der Waals surface area contributed by atoms with Gasteiger partial charge in [0.15, 0.2) is 0 Å². The van der Waals surface area contributed by atoms with Crippen LogP contribution in [-0.2, 0) is 14.3 Å². The van der Waals surface area contributed by atoms with Crippen LogP contribution in [-0.4, -0.2) is 48.2 Å². The van der Waals surface area contributed by atoms with Crippen molar-refractivity contribution in [1.82, 2.24) is 4.90 Å². The number of hydrogen-bond acceptors (Lipinski definition) is 3. The number of carbonyl (C=O) groups is 2. The second-order valence-corrected chi connectivity index (χ2v) is 2.62. The van der Waals surface area contributed by atoms with Crippen LogP contribution >= 0.6 is 0 Å². The maximum absolute atomic E-state index is 11.4. The van der Waals surface area contributed by atoms with Gasteiger partial charge >= 0.3 is 5.97 Å². The number of rotatable bonds is 5. The zero-order valence-corrected chi connectivity index (χ0v) is 8.11. The van der Waals surface area contributed by atoms with Crippen LogP contribution in [0.1, 0.15) is 13.8 Å². The molecule has 0 rings (SSSR count). The normalized spacial score (nSPS) is 12.2. The van der Waals surface area contributed by atoms with Gasteiger partial charge in [0, 0.05) is 13.7 Å². The van der Waals surface area contributed by atoms with Gasteiger partial charge in [-0.05, 0) is 13.8 Å². The third-order valence-corrected chi connectivity index (χ3v) is 1.72. The fourth-order valence-corrected chi connectivity index (χ4v) is 0.867. The van der Waals surface area contributed by atoms with Gasteiger partial charge in [0.25, 0.3) is 5.91 Å². The Morgan fingerprint density at radius 1 is 1.54 bits per heavy atom. The van der Waals surface area contributed by atoms with Crippen LogP contribution in [0, 0.1) is 0 Å². The van der Waals surface area contributed by atoms with Crippen LogP contribution in [0.2, 0.25) is 0 Å². The standard InChI is InChI=1S/C8H15NO4/c1-4-9(5-7(10)11)8(12)6(2)13-3/h6H,4-5H2,1-3H3,(H,10,11). The van der Waals surface area contributed by atoms with Crippen molar-refractivity contribution in [2.75, 3.05) is 20.2 Å². The molecule has 76 valence electrons. The van der Waals surface area contributed by atoms with E-state index in [-0.39, 0.29) is 12.5 Å². The zero-order valence-electron chi connectivity index (χ0n) is 8.11. The zero-order chi connectivity index (χ0) is 10.4. The second kappa shape index (κ2) is 5.53. The van der Waals surface area contributed by atoms with E-state index < -0.39 is 12.1 Å². The lowest BCUT2D eigenvalue weighted by Crippen LogP contribution is -2.41. The minimum absolute atomic E-state index is 0.275. The summed E-state index contributed by atoms with van der Waals surface area (Å²) in [6.45, 7) is 3.41. The largest absolute Gasteiger partial charge is 0.480 e. The Morgan fingerprint density at radius 3 is 2.38 bits per heavy atom. The van der Waals surface area contributed by atoms with Gasteiger partial charge < -0.3 is 14.7 Å². The van der Waals surface area contributed by atoms with E-state index in [0.717, 1.165) is 0 Å². The van der Waals surface area contributed by atoms with Crippen LogP contribution in [0.15, 0.2) is 0 Å². The molecule has 1 N–H and O–H groups in total. The third-order valence-electron chi connectivity index (χ3n) is 1.72. The Bertz CT molecular complexity index is 193. The summed E-state index contributed by atoms with van der Waals surface area (Å²) in [6.07, 6.45) is -0.584. The molecule has 1 atom stereocenters. The van der Waals surface area contributed by atoms with Gasteiger partial charge in [-0.25, -0.2) is 0 Å². The monoisotopic (exact) mass is 189 g/mol. The molecule has 0 saturated heterocycles. The summed E-state index contributed by atoms with van der Waals surface area (Å²) in [5.41, 5.74) is 0. The molecule has 0 heterocycles. The number of amides is 1. The molecule has 0 aromatic rings. The first-order chi connectivity index (χ1) is 6.02. The number of likely N-dealkylation sites (N-methyl/N-ethyl adjacent to an activating group) is 1. The molecule has 13 heavy (non-hydrogen) atoms. The Labute approximate surface area is 77.3 Å².